The van der Waals surface area contributed by atoms with Crippen molar-refractivity contribution in [3.05, 3.63) is 76.9 Å². The van der Waals surface area contributed by atoms with Crippen molar-refractivity contribution in [2.45, 2.75) is 40.2 Å². The first-order valence-corrected chi connectivity index (χ1v) is 10.0. The van der Waals surface area contributed by atoms with Crippen molar-refractivity contribution >= 4 is 17.5 Å². The van der Waals surface area contributed by atoms with Crippen molar-refractivity contribution in [3.63, 3.8) is 0 Å². The van der Waals surface area contributed by atoms with E-state index in [2.05, 4.69) is 35.3 Å². The molecule has 0 saturated heterocycles. The number of Topliss-reactive ketones (excluding diaryl/α,β-unsaturated/α-hetero) is 1. The van der Waals surface area contributed by atoms with Crippen LogP contribution in [0.3, 0.4) is 0 Å². The number of esters is 1. The van der Waals surface area contributed by atoms with Crippen molar-refractivity contribution in [1.82, 2.24) is 14.8 Å². The van der Waals surface area contributed by atoms with Gasteiger partial charge in [-0.2, -0.15) is 0 Å². The number of ketones is 1. The molecule has 0 saturated carbocycles. The number of ether oxygens (including phenoxy) is 1. The molecule has 2 heterocycles. The summed E-state index contributed by atoms with van der Waals surface area (Å²) in [5, 5.41) is 8.57. The second-order valence-corrected chi connectivity index (χ2v) is 7.51. The second kappa shape index (κ2) is 9.47. The number of hydrogen-bond acceptors (Lipinski definition) is 6. The number of nitrogens with zero attached hydrogens (tertiary/aromatic N) is 4. The summed E-state index contributed by atoms with van der Waals surface area (Å²) in [6.45, 7) is 7.02. The fourth-order valence-corrected chi connectivity index (χ4v) is 3.41. The van der Waals surface area contributed by atoms with Gasteiger partial charge >= 0.3 is 5.97 Å². The molecule has 7 heteroatoms. The lowest BCUT2D eigenvalue weighted by atomic mass is 9.98. The molecule has 1 aromatic heterocycles. The molecular formula is C24H26N4O3. The third-order valence-corrected chi connectivity index (χ3v) is 4.72. The maximum atomic E-state index is 12.0. The Kier molecular flexibility index (Phi) is 6.74. The van der Waals surface area contributed by atoms with Crippen LogP contribution in [0.2, 0.25) is 0 Å². The van der Waals surface area contributed by atoms with Crippen LogP contribution in [0.25, 0.3) is 5.69 Å². The highest BCUT2D eigenvalue weighted by Gasteiger charge is 2.29. The fraction of sp³-hybridized carbons (Fsp3) is 0.292. The molecule has 0 bridgehead atoms. The number of carbonyl (C=O) groups excluding carboxylic acids is 2. The van der Waals surface area contributed by atoms with Gasteiger partial charge in [-0.25, -0.2) is 0 Å². The van der Waals surface area contributed by atoms with Gasteiger partial charge in [0.05, 0.1) is 24.9 Å². The molecule has 0 N–H and O–H groups in total. The number of methoxy groups -OCH3 is 1. The van der Waals surface area contributed by atoms with Gasteiger partial charge in [-0.1, -0.05) is 42.0 Å². The Morgan fingerprint density at radius 3 is 2.35 bits per heavy atom. The Bertz CT molecular complexity index is 1130. The molecule has 0 amide bonds. The molecule has 2 aromatic carbocycles. The zero-order valence-corrected chi connectivity index (χ0v) is 18.4. The third kappa shape index (κ3) is 4.94. The van der Waals surface area contributed by atoms with Gasteiger partial charge in [0.15, 0.2) is 5.82 Å². The predicted octanol–water partition coefficient (Wildman–Crippen LogP) is 3.93. The number of rotatable bonds is 3. The molecule has 0 aliphatic carbocycles. The Morgan fingerprint density at radius 2 is 1.71 bits per heavy atom. The van der Waals surface area contributed by atoms with Crippen LogP contribution in [0.1, 0.15) is 54.6 Å². The van der Waals surface area contributed by atoms with Gasteiger partial charge in [0.25, 0.3) is 0 Å². The normalized spacial score (nSPS) is 14.2. The summed E-state index contributed by atoms with van der Waals surface area (Å²) in [6.07, 6.45) is 0.109. The zero-order chi connectivity index (χ0) is 22.5. The van der Waals surface area contributed by atoms with Gasteiger partial charge in [-0.05, 0) is 39.8 Å². The number of benzene rings is 2. The summed E-state index contributed by atoms with van der Waals surface area (Å²) in [4.78, 5) is 26.4. The summed E-state index contributed by atoms with van der Waals surface area (Å²) in [5.41, 5.74) is 4.94. The van der Waals surface area contributed by atoms with Crippen LogP contribution < -0.4 is 0 Å². The molecule has 160 valence electrons. The number of hydrogen-bond donors (Lipinski definition) is 0. The number of aliphatic imine (C=N–C) groups is 1. The van der Waals surface area contributed by atoms with E-state index in [0.717, 1.165) is 33.9 Å². The standard InChI is InChI=1S/C21H20N4O2.C3H6O/c1-13-9-10-18-16(11-13)20(15-7-5-4-6-8-15)22-17(12-19(26)27-3)21-24-23-14(2)25(18)21;1-3(2)4/h4-11,17H,12H2,1-3H3;1-2H3/t17-;/m0./s1. The molecule has 3 aromatic rings. The minimum absolute atomic E-state index is 0.109. The lowest BCUT2D eigenvalue weighted by Crippen LogP contribution is -2.12. The van der Waals surface area contributed by atoms with Crippen LogP contribution in [-0.4, -0.2) is 39.3 Å². The molecule has 0 spiro atoms. The van der Waals surface area contributed by atoms with Crippen molar-refractivity contribution in [2.24, 2.45) is 4.99 Å². The van der Waals surface area contributed by atoms with Crippen molar-refractivity contribution in [2.75, 3.05) is 7.11 Å². The summed E-state index contributed by atoms with van der Waals surface area (Å²) >= 11 is 0. The number of carbonyl (C=O) groups is 2. The average Bonchev–Trinajstić information content (AvgIpc) is 3.06. The van der Waals surface area contributed by atoms with Crippen LogP contribution in [0.15, 0.2) is 53.5 Å². The van der Waals surface area contributed by atoms with Crippen LogP contribution >= 0.6 is 0 Å². The fourth-order valence-electron chi connectivity index (χ4n) is 3.41. The first kappa shape index (κ1) is 22.1. The van der Waals surface area contributed by atoms with Crippen LogP contribution in [0.4, 0.5) is 0 Å². The zero-order valence-electron chi connectivity index (χ0n) is 18.4. The lowest BCUT2D eigenvalue weighted by molar-refractivity contribution is -0.141. The lowest BCUT2D eigenvalue weighted by Gasteiger charge is -2.13. The Morgan fingerprint density at radius 1 is 1.03 bits per heavy atom. The van der Waals surface area contributed by atoms with Crippen molar-refractivity contribution < 1.29 is 14.3 Å². The smallest absolute Gasteiger partial charge is 0.308 e. The van der Waals surface area contributed by atoms with Gasteiger partial charge < -0.3 is 9.53 Å². The third-order valence-electron chi connectivity index (χ3n) is 4.72. The molecule has 1 aliphatic heterocycles. The van der Waals surface area contributed by atoms with Gasteiger partial charge in [0.2, 0.25) is 0 Å². The van der Waals surface area contributed by atoms with E-state index in [4.69, 9.17) is 9.73 Å². The first-order chi connectivity index (χ1) is 14.8. The molecule has 0 unspecified atom stereocenters. The summed E-state index contributed by atoms with van der Waals surface area (Å²) in [6, 6.07) is 15.8. The maximum Gasteiger partial charge on any atom is 0.308 e. The largest absolute Gasteiger partial charge is 0.469 e. The molecule has 0 fully saturated rings. The average molecular weight is 418 g/mol. The van der Waals surface area contributed by atoms with E-state index in [-0.39, 0.29) is 18.2 Å². The minimum atomic E-state index is -0.471. The van der Waals surface area contributed by atoms with Crippen LogP contribution in [0.5, 0.6) is 0 Å². The van der Waals surface area contributed by atoms with E-state index >= 15 is 0 Å². The SMILES string of the molecule is CC(C)=O.COC(=O)C[C@@H]1N=C(c2ccccc2)c2cc(C)ccc2-n2c(C)nnc21. The van der Waals surface area contributed by atoms with E-state index < -0.39 is 6.04 Å². The highest BCUT2D eigenvalue weighted by Crippen LogP contribution is 2.33. The molecule has 1 aliphatic rings. The molecule has 0 radical (unpaired) electrons. The Balaban J connectivity index is 0.000000628. The minimum Gasteiger partial charge on any atom is -0.469 e. The number of fused-ring (bicyclic) bond motifs is 3. The monoisotopic (exact) mass is 418 g/mol. The highest BCUT2D eigenvalue weighted by atomic mass is 16.5. The summed E-state index contributed by atoms with van der Waals surface area (Å²) < 4.78 is 6.88. The molecule has 4 rings (SSSR count). The van der Waals surface area contributed by atoms with E-state index in [1.807, 2.05) is 41.8 Å². The molecule has 1 atom stereocenters. The quantitative estimate of drug-likeness (QED) is 0.602. The molecule has 31 heavy (non-hydrogen) atoms. The van der Waals surface area contributed by atoms with E-state index in [1.165, 1.54) is 21.0 Å². The van der Waals surface area contributed by atoms with Crippen molar-refractivity contribution in [1.29, 1.82) is 0 Å². The van der Waals surface area contributed by atoms with Crippen molar-refractivity contribution in [3.8, 4) is 5.69 Å². The maximum absolute atomic E-state index is 12.0. The van der Waals surface area contributed by atoms with Crippen LogP contribution in [0, 0.1) is 13.8 Å². The van der Waals surface area contributed by atoms with Gasteiger partial charge in [-0.15, -0.1) is 10.2 Å². The van der Waals surface area contributed by atoms with Gasteiger partial charge in [0, 0.05) is 11.1 Å². The van der Waals surface area contributed by atoms with Crippen LogP contribution in [-0.2, 0) is 14.3 Å². The first-order valence-electron chi connectivity index (χ1n) is 10.0. The van der Waals surface area contributed by atoms with E-state index in [1.54, 1.807) is 0 Å². The summed E-state index contributed by atoms with van der Waals surface area (Å²) in [7, 11) is 1.38. The predicted molar refractivity (Wildman–Crippen MR) is 119 cm³/mol. The Labute approximate surface area is 181 Å². The Hall–Kier alpha value is -3.61. The number of aryl methyl sites for hydroxylation is 2. The highest BCUT2D eigenvalue weighted by molar-refractivity contribution is 6.15. The topological polar surface area (TPSA) is 86.4 Å². The van der Waals surface area contributed by atoms with E-state index in [9.17, 15) is 9.59 Å². The summed E-state index contributed by atoms with van der Waals surface area (Å²) in [5.74, 6) is 1.24. The van der Waals surface area contributed by atoms with E-state index in [0.29, 0.717) is 5.82 Å². The van der Waals surface area contributed by atoms with Gasteiger partial charge in [-0.3, -0.25) is 14.4 Å². The van der Waals surface area contributed by atoms with Gasteiger partial charge in [0.1, 0.15) is 17.6 Å². The number of aromatic nitrogens is 3. The molecule has 7 nitrogen and oxygen atoms in total. The molecular weight excluding hydrogens is 392 g/mol. The second-order valence-electron chi connectivity index (χ2n) is 7.51.